The highest BCUT2D eigenvalue weighted by Gasteiger charge is 2.61. The Morgan fingerprint density at radius 1 is 1.20 bits per heavy atom. The number of rotatable bonds is 2. The molecule has 3 fully saturated rings. The van der Waals surface area contributed by atoms with Crippen LogP contribution in [0.25, 0.3) is 0 Å². The lowest BCUT2D eigenvalue weighted by Gasteiger charge is -2.61. The molecule has 1 aliphatic carbocycles. The van der Waals surface area contributed by atoms with E-state index in [1.54, 1.807) is 11.3 Å². The molecule has 2 saturated heterocycles. The maximum atomic E-state index is 12.6. The van der Waals surface area contributed by atoms with E-state index in [0.29, 0.717) is 13.1 Å². The van der Waals surface area contributed by atoms with Crippen LogP contribution in [0.1, 0.15) is 59.5 Å². The van der Waals surface area contributed by atoms with E-state index in [-0.39, 0.29) is 23.4 Å². The van der Waals surface area contributed by atoms with E-state index in [1.165, 1.54) is 6.42 Å². The zero-order chi connectivity index (χ0) is 17.6. The Kier molecular flexibility index (Phi) is 4.36. The average molecular weight is 362 g/mol. The molecule has 2 amide bonds. The van der Waals surface area contributed by atoms with Gasteiger partial charge in [-0.05, 0) is 44.7 Å². The first-order valence-electron chi connectivity index (χ1n) is 9.40. The number of carbonyl (C=O) groups is 2. The number of nitrogens with zero attached hydrogens (tertiary/aromatic N) is 2. The first kappa shape index (κ1) is 17.0. The Hall–Kier alpha value is -1.40. The third-order valence-corrected chi connectivity index (χ3v) is 7.24. The van der Waals surface area contributed by atoms with Gasteiger partial charge in [0.1, 0.15) is 0 Å². The van der Waals surface area contributed by atoms with Crippen LogP contribution in [0.15, 0.2) is 12.1 Å². The van der Waals surface area contributed by atoms with Crippen LogP contribution < -0.4 is 0 Å². The van der Waals surface area contributed by atoms with Gasteiger partial charge in [-0.15, -0.1) is 11.3 Å². The smallest absolute Gasteiger partial charge is 0.263 e. The van der Waals surface area contributed by atoms with Crippen LogP contribution in [0.4, 0.5) is 0 Å². The van der Waals surface area contributed by atoms with Crippen molar-refractivity contribution in [2.24, 2.45) is 0 Å². The summed E-state index contributed by atoms with van der Waals surface area (Å²) in [7, 11) is 0. The average Bonchev–Trinajstić information content (AvgIpc) is 3.08. The van der Waals surface area contributed by atoms with Gasteiger partial charge in [-0.2, -0.15) is 0 Å². The van der Waals surface area contributed by atoms with Crippen LogP contribution in [0.3, 0.4) is 0 Å². The molecule has 25 heavy (non-hydrogen) atoms. The largest absolute Gasteiger partial charge is 0.381 e. The molecule has 1 aromatic rings. The predicted molar refractivity (Wildman–Crippen MR) is 96.7 cm³/mol. The fraction of sp³-hybridized carbons (Fsp3) is 0.684. The van der Waals surface area contributed by atoms with Crippen molar-refractivity contribution in [3.63, 3.8) is 0 Å². The van der Waals surface area contributed by atoms with E-state index < -0.39 is 6.10 Å². The molecule has 0 aromatic carbocycles. The van der Waals surface area contributed by atoms with E-state index in [4.69, 9.17) is 0 Å². The van der Waals surface area contributed by atoms with Gasteiger partial charge < -0.3 is 14.9 Å². The van der Waals surface area contributed by atoms with Crippen molar-refractivity contribution in [2.75, 3.05) is 13.1 Å². The standard InChI is InChI=1S/C19H26N2O3S/c1-13-5-6-15(25-13)17(23)20-11-7-14(8-12-20)21-18(24)16(22)19(21)9-3-2-4-10-19/h5-6,14,16,22H,2-4,7-12H2,1H3. The quantitative estimate of drug-likeness (QED) is 0.823. The molecule has 3 heterocycles. The van der Waals surface area contributed by atoms with Gasteiger partial charge in [0.05, 0.1) is 10.4 Å². The second-order valence-electron chi connectivity index (χ2n) is 7.71. The zero-order valence-corrected chi connectivity index (χ0v) is 15.6. The van der Waals surface area contributed by atoms with Gasteiger partial charge in [-0.3, -0.25) is 9.59 Å². The van der Waals surface area contributed by atoms with Crippen LogP contribution in [0.2, 0.25) is 0 Å². The molecule has 2 aliphatic heterocycles. The Morgan fingerprint density at radius 3 is 2.48 bits per heavy atom. The molecule has 0 radical (unpaired) electrons. The molecule has 4 rings (SSSR count). The number of carbonyl (C=O) groups excluding carboxylic acids is 2. The van der Waals surface area contributed by atoms with Crippen molar-refractivity contribution in [1.29, 1.82) is 0 Å². The van der Waals surface area contributed by atoms with Crippen LogP contribution in [0.5, 0.6) is 0 Å². The Balaban J connectivity index is 1.41. The number of hydrogen-bond donors (Lipinski definition) is 1. The van der Waals surface area contributed by atoms with E-state index in [2.05, 4.69) is 0 Å². The van der Waals surface area contributed by atoms with Crippen LogP contribution in [-0.4, -0.2) is 57.5 Å². The molecule has 1 N–H and O–H groups in total. The van der Waals surface area contributed by atoms with E-state index in [1.807, 2.05) is 28.9 Å². The molecule has 3 aliphatic rings. The molecule has 0 bridgehead atoms. The van der Waals surface area contributed by atoms with Gasteiger partial charge in [-0.1, -0.05) is 19.3 Å². The van der Waals surface area contributed by atoms with Gasteiger partial charge in [0, 0.05) is 24.0 Å². The number of aryl methyl sites for hydroxylation is 1. The summed E-state index contributed by atoms with van der Waals surface area (Å²) in [6.07, 6.45) is 6.06. The van der Waals surface area contributed by atoms with Crippen molar-refractivity contribution in [1.82, 2.24) is 9.80 Å². The minimum atomic E-state index is -0.804. The van der Waals surface area contributed by atoms with Crippen molar-refractivity contribution >= 4 is 23.2 Å². The summed E-state index contributed by atoms with van der Waals surface area (Å²) < 4.78 is 0. The fourth-order valence-corrected chi connectivity index (χ4v) is 5.74. The number of piperidine rings is 1. The lowest BCUT2D eigenvalue weighted by Crippen LogP contribution is -2.77. The summed E-state index contributed by atoms with van der Waals surface area (Å²) in [5.41, 5.74) is -0.308. The lowest BCUT2D eigenvalue weighted by molar-refractivity contribution is -0.200. The summed E-state index contributed by atoms with van der Waals surface area (Å²) in [4.78, 5) is 30.8. The number of hydrogen-bond acceptors (Lipinski definition) is 4. The highest BCUT2D eigenvalue weighted by atomic mass is 32.1. The van der Waals surface area contributed by atoms with E-state index >= 15 is 0 Å². The summed E-state index contributed by atoms with van der Waals surface area (Å²) >= 11 is 1.54. The molecule has 5 nitrogen and oxygen atoms in total. The number of aliphatic hydroxyl groups is 1. The van der Waals surface area contributed by atoms with Crippen molar-refractivity contribution < 1.29 is 14.7 Å². The molecule has 1 aromatic heterocycles. The van der Waals surface area contributed by atoms with Gasteiger partial charge in [-0.25, -0.2) is 0 Å². The first-order chi connectivity index (χ1) is 12.0. The molecule has 6 heteroatoms. The third kappa shape index (κ3) is 2.70. The summed E-state index contributed by atoms with van der Waals surface area (Å²) in [5, 5.41) is 10.3. The Morgan fingerprint density at radius 2 is 1.88 bits per heavy atom. The molecule has 1 unspecified atom stereocenters. The van der Waals surface area contributed by atoms with Gasteiger partial charge in [0.25, 0.3) is 11.8 Å². The monoisotopic (exact) mass is 362 g/mol. The lowest BCUT2D eigenvalue weighted by atomic mass is 9.68. The van der Waals surface area contributed by atoms with Crippen molar-refractivity contribution in [3.05, 3.63) is 21.9 Å². The number of β-lactam (4-membered cyclic amide) rings is 1. The highest BCUT2D eigenvalue weighted by Crippen LogP contribution is 2.46. The molecule has 1 spiro atoms. The summed E-state index contributed by atoms with van der Waals surface area (Å²) in [6.45, 7) is 3.39. The topological polar surface area (TPSA) is 60.9 Å². The zero-order valence-electron chi connectivity index (χ0n) is 14.7. The molecule has 1 atom stereocenters. The van der Waals surface area contributed by atoms with Crippen LogP contribution in [0, 0.1) is 6.92 Å². The van der Waals surface area contributed by atoms with Crippen LogP contribution in [-0.2, 0) is 4.79 Å². The minimum Gasteiger partial charge on any atom is -0.381 e. The summed E-state index contributed by atoms with van der Waals surface area (Å²) in [6, 6.07) is 4.06. The first-order valence-corrected chi connectivity index (χ1v) is 10.2. The predicted octanol–water partition coefficient (Wildman–Crippen LogP) is 2.57. The summed E-state index contributed by atoms with van der Waals surface area (Å²) in [5.74, 6) is 0.0134. The number of aliphatic hydroxyl groups excluding tert-OH is 1. The normalized spacial score (nSPS) is 26.8. The second-order valence-corrected chi connectivity index (χ2v) is 9.00. The van der Waals surface area contributed by atoms with Crippen molar-refractivity contribution in [2.45, 2.75) is 69.6 Å². The number of amides is 2. The maximum Gasteiger partial charge on any atom is 0.263 e. The Bertz CT molecular complexity index is 672. The second kappa shape index (κ2) is 6.40. The number of likely N-dealkylation sites (tertiary alicyclic amines) is 2. The molecular weight excluding hydrogens is 336 g/mol. The van der Waals surface area contributed by atoms with E-state index in [0.717, 1.165) is 48.3 Å². The SMILES string of the molecule is Cc1ccc(C(=O)N2CCC(N3C(=O)C(O)C34CCCCC4)CC2)s1. The number of thiophene rings is 1. The van der Waals surface area contributed by atoms with Gasteiger partial charge >= 0.3 is 0 Å². The van der Waals surface area contributed by atoms with Gasteiger partial charge in [0.15, 0.2) is 6.10 Å². The van der Waals surface area contributed by atoms with E-state index in [9.17, 15) is 14.7 Å². The van der Waals surface area contributed by atoms with Crippen molar-refractivity contribution in [3.8, 4) is 0 Å². The molecular formula is C19H26N2O3S. The highest BCUT2D eigenvalue weighted by molar-refractivity contribution is 7.13. The molecule has 136 valence electrons. The minimum absolute atomic E-state index is 0.0967. The van der Waals surface area contributed by atoms with Crippen LogP contribution >= 0.6 is 11.3 Å². The third-order valence-electron chi connectivity index (χ3n) is 6.25. The molecule has 1 saturated carbocycles. The fourth-order valence-electron chi connectivity index (χ4n) is 4.90. The van der Waals surface area contributed by atoms with Gasteiger partial charge in [0.2, 0.25) is 0 Å². The Labute approximate surface area is 152 Å². The maximum absolute atomic E-state index is 12.6.